The first-order chi connectivity index (χ1) is 7.20. The summed E-state index contributed by atoms with van der Waals surface area (Å²) in [5.41, 5.74) is 5.88. The minimum absolute atomic E-state index is 0.201. The van der Waals surface area contributed by atoms with Gasteiger partial charge in [-0.15, -0.1) is 0 Å². The summed E-state index contributed by atoms with van der Waals surface area (Å²) < 4.78 is 4.55. The van der Waals surface area contributed by atoms with Gasteiger partial charge in [-0.25, -0.2) is 14.8 Å². The van der Waals surface area contributed by atoms with E-state index in [-0.39, 0.29) is 11.4 Å². The Bertz CT molecular complexity index is 388. The molecule has 0 unspecified atom stereocenters. The average Bonchev–Trinajstić information content (AvgIpc) is 3.01. The largest absolute Gasteiger partial charge is 0.465 e. The second-order valence-corrected chi connectivity index (χ2v) is 3.72. The Morgan fingerprint density at radius 3 is 2.93 bits per heavy atom. The van der Waals surface area contributed by atoms with Crippen LogP contribution in [0, 0.1) is 5.92 Å². The summed E-state index contributed by atoms with van der Waals surface area (Å²) in [6, 6.07) is 0. The van der Waals surface area contributed by atoms with Gasteiger partial charge >= 0.3 is 5.97 Å². The maximum absolute atomic E-state index is 11.2. The molecule has 2 rings (SSSR count). The first kappa shape index (κ1) is 9.89. The van der Waals surface area contributed by atoms with Crippen molar-refractivity contribution in [2.45, 2.75) is 19.3 Å². The molecule has 5 nitrogen and oxygen atoms in total. The Balaban J connectivity index is 2.17. The SMILES string of the molecule is COC(=O)c1cnc(CC2CC2)nc1N. The third kappa shape index (κ3) is 2.23. The molecule has 0 aliphatic heterocycles. The minimum Gasteiger partial charge on any atom is -0.465 e. The predicted molar refractivity (Wildman–Crippen MR) is 54.2 cm³/mol. The van der Waals surface area contributed by atoms with Gasteiger partial charge in [0.2, 0.25) is 0 Å². The molecule has 1 aromatic rings. The zero-order valence-electron chi connectivity index (χ0n) is 8.56. The van der Waals surface area contributed by atoms with Crippen LogP contribution < -0.4 is 5.73 Å². The molecule has 2 N–H and O–H groups in total. The molecule has 0 radical (unpaired) electrons. The normalized spacial score (nSPS) is 15.0. The van der Waals surface area contributed by atoms with E-state index in [1.165, 1.54) is 26.1 Å². The Labute approximate surface area is 87.7 Å². The molecule has 0 saturated heterocycles. The molecule has 1 heterocycles. The van der Waals surface area contributed by atoms with Gasteiger partial charge in [-0.2, -0.15) is 0 Å². The van der Waals surface area contributed by atoms with Crippen molar-refractivity contribution in [3.63, 3.8) is 0 Å². The van der Waals surface area contributed by atoms with Crippen molar-refractivity contribution < 1.29 is 9.53 Å². The van der Waals surface area contributed by atoms with Crippen molar-refractivity contribution >= 4 is 11.8 Å². The van der Waals surface area contributed by atoms with Crippen LogP contribution in [0.1, 0.15) is 29.0 Å². The Morgan fingerprint density at radius 2 is 2.40 bits per heavy atom. The highest BCUT2D eigenvalue weighted by Gasteiger charge is 2.23. The lowest BCUT2D eigenvalue weighted by Crippen LogP contribution is -2.10. The summed E-state index contributed by atoms with van der Waals surface area (Å²) in [6.45, 7) is 0. The number of ether oxygens (including phenoxy) is 1. The molecule has 0 amide bonds. The summed E-state index contributed by atoms with van der Waals surface area (Å²) >= 11 is 0. The molecule has 0 atom stereocenters. The van der Waals surface area contributed by atoms with Crippen molar-refractivity contribution in [3.8, 4) is 0 Å². The Hall–Kier alpha value is -1.65. The topological polar surface area (TPSA) is 78.1 Å². The number of nitrogens with two attached hydrogens (primary N) is 1. The van der Waals surface area contributed by atoms with Crippen LogP contribution in [0.3, 0.4) is 0 Å². The number of nitrogen functional groups attached to an aromatic ring is 1. The van der Waals surface area contributed by atoms with Crippen LogP contribution in [0.4, 0.5) is 5.82 Å². The van der Waals surface area contributed by atoms with E-state index in [4.69, 9.17) is 5.73 Å². The Kier molecular flexibility index (Phi) is 2.53. The second kappa shape index (κ2) is 3.84. The van der Waals surface area contributed by atoms with E-state index in [9.17, 15) is 4.79 Å². The van der Waals surface area contributed by atoms with Crippen LogP contribution in [0.2, 0.25) is 0 Å². The van der Waals surface area contributed by atoms with Gasteiger partial charge in [-0.05, 0) is 18.8 Å². The summed E-state index contributed by atoms with van der Waals surface area (Å²) in [5, 5.41) is 0. The molecule has 1 saturated carbocycles. The van der Waals surface area contributed by atoms with E-state index in [0.717, 1.165) is 6.42 Å². The molecule has 0 aromatic carbocycles. The third-order valence-corrected chi connectivity index (χ3v) is 2.44. The van der Waals surface area contributed by atoms with Crippen molar-refractivity contribution in [1.29, 1.82) is 0 Å². The van der Waals surface area contributed by atoms with Crippen molar-refractivity contribution in [1.82, 2.24) is 9.97 Å². The lowest BCUT2D eigenvalue weighted by atomic mass is 10.2. The van der Waals surface area contributed by atoms with Gasteiger partial charge in [-0.1, -0.05) is 0 Å². The average molecular weight is 207 g/mol. The maximum atomic E-state index is 11.2. The van der Waals surface area contributed by atoms with Crippen molar-refractivity contribution in [2.75, 3.05) is 12.8 Å². The second-order valence-electron chi connectivity index (χ2n) is 3.72. The number of carbonyl (C=O) groups is 1. The van der Waals surface area contributed by atoms with Crippen LogP contribution in [0.15, 0.2) is 6.20 Å². The van der Waals surface area contributed by atoms with Gasteiger partial charge in [0.05, 0.1) is 7.11 Å². The van der Waals surface area contributed by atoms with Crippen molar-refractivity contribution in [3.05, 3.63) is 17.6 Å². The highest BCUT2D eigenvalue weighted by Crippen LogP contribution is 2.31. The highest BCUT2D eigenvalue weighted by molar-refractivity contribution is 5.93. The highest BCUT2D eigenvalue weighted by atomic mass is 16.5. The summed E-state index contributed by atoms with van der Waals surface area (Å²) in [4.78, 5) is 19.4. The zero-order chi connectivity index (χ0) is 10.8. The predicted octanol–water partition coefficient (Wildman–Crippen LogP) is 0.798. The number of rotatable bonds is 3. The minimum atomic E-state index is -0.495. The molecular formula is C10H13N3O2. The van der Waals surface area contributed by atoms with E-state index >= 15 is 0 Å². The Morgan fingerprint density at radius 1 is 1.67 bits per heavy atom. The molecule has 15 heavy (non-hydrogen) atoms. The number of anilines is 1. The summed E-state index contributed by atoms with van der Waals surface area (Å²) in [5.74, 6) is 1.12. The van der Waals surface area contributed by atoms with Gasteiger partial charge in [0.25, 0.3) is 0 Å². The van der Waals surface area contributed by atoms with E-state index in [0.29, 0.717) is 11.7 Å². The molecule has 5 heteroatoms. The van der Waals surface area contributed by atoms with Crippen molar-refractivity contribution in [2.24, 2.45) is 5.92 Å². The fraction of sp³-hybridized carbons (Fsp3) is 0.500. The first-order valence-electron chi connectivity index (χ1n) is 4.90. The quantitative estimate of drug-likeness (QED) is 0.741. The number of nitrogens with zero attached hydrogens (tertiary/aromatic N) is 2. The van der Waals surface area contributed by atoms with Crippen LogP contribution >= 0.6 is 0 Å². The number of carbonyl (C=O) groups excluding carboxylic acids is 1. The lowest BCUT2D eigenvalue weighted by molar-refractivity contribution is 0.0601. The molecule has 0 bridgehead atoms. The monoisotopic (exact) mass is 207 g/mol. The van der Waals surface area contributed by atoms with E-state index in [1.807, 2.05) is 0 Å². The first-order valence-corrected chi connectivity index (χ1v) is 4.90. The molecule has 80 valence electrons. The number of hydrogen-bond donors (Lipinski definition) is 1. The molecule has 1 aliphatic carbocycles. The maximum Gasteiger partial charge on any atom is 0.343 e. The number of methoxy groups -OCH3 is 1. The van der Waals surface area contributed by atoms with E-state index in [1.54, 1.807) is 0 Å². The number of aromatic nitrogens is 2. The van der Waals surface area contributed by atoms with Gasteiger partial charge in [0.1, 0.15) is 17.2 Å². The van der Waals surface area contributed by atoms with Crippen LogP contribution in [0.25, 0.3) is 0 Å². The van der Waals surface area contributed by atoms with Gasteiger partial charge in [0, 0.05) is 12.6 Å². The summed E-state index contributed by atoms with van der Waals surface area (Å²) in [7, 11) is 1.31. The van der Waals surface area contributed by atoms with Gasteiger partial charge < -0.3 is 10.5 Å². The summed E-state index contributed by atoms with van der Waals surface area (Å²) in [6.07, 6.45) is 4.77. The number of hydrogen-bond acceptors (Lipinski definition) is 5. The molecule has 1 aromatic heterocycles. The fourth-order valence-electron chi connectivity index (χ4n) is 1.38. The lowest BCUT2D eigenvalue weighted by Gasteiger charge is -2.04. The molecule has 1 aliphatic rings. The van der Waals surface area contributed by atoms with Gasteiger partial charge in [0.15, 0.2) is 0 Å². The van der Waals surface area contributed by atoms with Crippen LogP contribution in [-0.4, -0.2) is 23.0 Å². The van der Waals surface area contributed by atoms with Crippen LogP contribution in [-0.2, 0) is 11.2 Å². The third-order valence-electron chi connectivity index (χ3n) is 2.44. The standard InChI is InChI=1S/C10H13N3O2/c1-15-10(14)7-5-12-8(13-9(7)11)4-6-2-3-6/h5-6H,2-4H2,1H3,(H2,11,12,13). The zero-order valence-corrected chi connectivity index (χ0v) is 8.56. The van der Waals surface area contributed by atoms with E-state index < -0.39 is 5.97 Å². The fourth-order valence-corrected chi connectivity index (χ4v) is 1.38. The van der Waals surface area contributed by atoms with E-state index in [2.05, 4.69) is 14.7 Å². The molecule has 0 spiro atoms. The number of esters is 1. The van der Waals surface area contributed by atoms with Crippen LogP contribution in [0.5, 0.6) is 0 Å². The smallest absolute Gasteiger partial charge is 0.343 e. The molecule has 1 fully saturated rings. The van der Waals surface area contributed by atoms with Gasteiger partial charge in [-0.3, -0.25) is 0 Å². The molecular weight excluding hydrogens is 194 g/mol.